The van der Waals surface area contributed by atoms with Gasteiger partial charge in [0.1, 0.15) is 0 Å². The fourth-order valence-electron chi connectivity index (χ4n) is 1.84. The predicted octanol–water partition coefficient (Wildman–Crippen LogP) is 1.41. The first-order valence-electron chi connectivity index (χ1n) is 4.48. The van der Waals surface area contributed by atoms with Gasteiger partial charge < -0.3 is 9.84 Å². The van der Waals surface area contributed by atoms with Crippen molar-refractivity contribution in [1.29, 1.82) is 0 Å². The molecule has 1 heterocycles. The van der Waals surface area contributed by atoms with E-state index in [4.69, 9.17) is 4.74 Å². The first-order valence-corrected chi connectivity index (χ1v) is 4.48. The first kappa shape index (κ1) is 8.02. The zero-order valence-corrected chi connectivity index (χ0v) is 7.29. The Kier molecular flexibility index (Phi) is 2.03. The van der Waals surface area contributed by atoms with Crippen molar-refractivity contribution in [2.24, 2.45) is 0 Å². The molecule has 1 saturated heterocycles. The lowest BCUT2D eigenvalue weighted by atomic mass is 9.89. The molecule has 0 spiro atoms. The van der Waals surface area contributed by atoms with Crippen molar-refractivity contribution in [3.8, 4) is 0 Å². The second-order valence-corrected chi connectivity index (χ2v) is 3.42. The summed E-state index contributed by atoms with van der Waals surface area (Å²) in [5.74, 6) is 0. The lowest BCUT2D eigenvalue weighted by molar-refractivity contribution is 0.0762. The third-order valence-electron chi connectivity index (χ3n) is 2.53. The highest BCUT2D eigenvalue weighted by Crippen LogP contribution is 2.29. The maximum atomic E-state index is 9.39. The molecule has 1 aliphatic heterocycles. The van der Waals surface area contributed by atoms with Crippen LogP contribution in [0.3, 0.4) is 0 Å². The first-order chi connectivity index (χ1) is 5.77. The Balaban J connectivity index is 2.25. The minimum atomic E-state index is -0.298. The van der Waals surface area contributed by atoms with Crippen molar-refractivity contribution in [2.45, 2.75) is 32.0 Å². The molecule has 0 aromatic rings. The standard InChI is InChI=1S/C10H14O2/c1-7-10-6-9(11)3-2-8(10)4-5-12-7/h2,6-7,9,11H,3-5H2,1H3. The van der Waals surface area contributed by atoms with Gasteiger partial charge in [-0.05, 0) is 37.0 Å². The van der Waals surface area contributed by atoms with E-state index in [2.05, 4.69) is 6.08 Å². The molecule has 0 aromatic carbocycles. The van der Waals surface area contributed by atoms with Crippen molar-refractivity contribution >= 4 is 0 Å². The summed E-state index contributed by atoms with van der Waals surface area (Å²) in [6, 6.07) is 0. The van der Waals surface area contributed by atoms with Crippen LogP contribution in [-0.2, 0) is 4.74 Å². The van der Waals surface area contributed by atoms with E-state index in [9.17, 15) is 5.11 Å². The number of fused-ring (bicyclic) bond motifs is 1. The molecule has 1 N–H and O–H groups in total. The normalized spacial score (nSPS) is 35.2. The van der Waals surface area contributed by atoms with Crippen molar-refractivity contribution in [3.63, 3.8) is 0 Å². The van der Waals surface area contributed by atoms with Gasteiger partial charge in [0.2, 0.25) is 0 Å². The quantitative estimate of drug-likeness (QED) is 0.589. The van der Waals surface area contributed by atoms with Gasteiger partial charge in [0, 0.05) is 0 Å². The second kappa shape index (κ2) is 3.04. The van der Waals surface area contributed by atoms with Gasteiger partial charge in [-0.25, -0.2) is 0 Å². The maximum absolute atomic E-state index is 9.39. The Labute approximate surface area is 72.5 Å². The van der Waals surface area contributed by atoms with Crippen LogP contribution in [-0.4, -0.2) is 23.9 Å². The molecule has 12 heavy (non-hydrogen) atoms. The number of hydrogen-bond acceptors (Lipinski definition) is 2. The lowest BCUT2D eigenvalue weighted by Gasteiger charge is -2.29. The van der Waals surface area contributed by atoms with E-state index in [1.165, 1.54) is 11.1 Å². The molecule has 0 radical (unpaired) electrons. The molecule has 2 heteroatoms. The van der Waals surface area contributed by atoms with Crippen molar-refractivity contribution in [1.82, 2.24) is 0 Å². The van der Waals surface area contributed by atoms with Gasteiger partial charge >= 0.3 is 0 Å². The molecular formula is C10H14O2. The van der Waals surface area contributed by atoms with E-state index < -0.39 is 0 Å². The highest BCUT2D eigenvalue weighted by molar-refractivity contribution is 5.39. The summed E-state index contributed by atoms with van der Waals surface area (Å²) in [4.78, 5) is 0. The summed E-state index contributed by atoms with van der Waals surface area (Å²) in [6.45, 7) is 2.86. The van der Waals surface area contributed by atoms with Crippen molar-refractivity contribution in [3.05, 3.63) is 23.3 Å². The summed E-state index contributed by atoms with van der Waals surface area (Å²) < 4.78 is 5.48. The molecule has 2 aliphatic rings. The highest BCUT2D eigenvalue weighted by atomic mass is 16.5. The topological polar surface area (TPSA) is 29.5 Å². The average molecular weight is 166 g/mol. The molecule has 2 atom stereocenters. The zero-order chi connectivity index (χ0) is 8.55. The minimum absolute atomic E-state index is 0.167. The van der Waals surface area contributed by atoms with Crippen LogP contribution < -0.4 is 0 Å². The van der Waals surface area contributed by atoms with Gasteiger partial charge in [-0.1, -0.05) is 6.08 Å². The van der Waals surface area contributed by atoms with Gasteiger partial charge in [-0.3, -0.25) is 0 Å². The number of aliphatic hydroxyl groups excluding tert-OH is 1. The third-order valence-corrected chi connectivity index (χ3v) is 2.53. The van der Waals surface area contributed by atoms with Crippen LogP contribution in [0.2, 0.25) is 0 Å². The monoisotopic (exact) mass is 166 g/mol. The molecule has 66 valence electrons. The summed E-state index contributed by atoms with van der Waals surface area (Å²) in [5, 5.41) is 9.39. The van der Waals surface area contributed by atoms with Gasteiger partial charge in [-0.15, -0.1) is 0 Å². The molecule has 2 rings (SSSR count). The molecule has 1 aliphatic carbocycles. The Morgan fingerprint density at radius 2 is 2.42 bits per heavy atom. The van der Waals surface area contributed by atoms with Crippen LogP contribution in [0, 0.1) is 0 Å². The summed E-state index contributed by atoms with van der Waals surface area (Å²) >= 11 is 0. The SMILES string of the molecule is CC1OCCC2=CCC(O)C=C21. The average Bonchev–Trinajstić information content (AvgIpc) is 2.07. The van der Waals surface area contributed by atoms with E-state index in [0.717, 1.165) is 19.4 Å². The van der Waals surface area contributed by atoms with E-state index in [0.29, 0.717) is 0 Å². The van der Waals surface area contributed by atoms with Crippen LogP contribution in [0.25, 0.3) is 0 Å². The third kappa shape index (κ3) is 1.32. The molecular weight excluding hydrogens is 152 g/mol. The number of rotatable bonds is 0. The van der Waals surface area contributed by atoms with E-state index in [-0.39, 0.29) is 12.2 Å². The largest absolute Gasteiger partial charge is 0.389 e. The number of ether oxygens (including phenoxy) is 1. The lowest BCUT2D eigenvalue weighted by Crippen LogP contribution is -2.24. The molecule has 0 amide bonds. The van der Waals surface area contributed by atoms with E-state index in [1.807, 2.05) is 13.0 Å². The van der Waals surface area contributed by atoms with Crippen molar-refractivity contribution < 1.29 is 9.84 Å². The molecule has 2 unspecified atom stereocenters. The molecule has 0 bridgehead atoms. The Hall–Kier alpha value is -0.600. The van der Waals surface area contributed by atoms with Crippen molar-refractivity contribution in [2.75, 3.05) is 6.61 Å². The molecule has 1 fully saturated rings. The van der Waals surface area contributed by atoms with Crippen LogP contribution >= 0.6 is 0 Å². The Bertz CT molecular complexity index is 240. The molecule has 0 saturated carbocycles. The smallest absolute Gasteiger partial charge is 0.0797 e. The summed E-state index contributed by atoms with van der Waals surface area (Å²) in [7, 11) is 0. The summed E-state index contributed by atoms with van der Waals surface area (Å²) in [6.07, 6.45) is 5.71. The van der Waals surface area contributed by atoms with Crippen LogP contribution in [0.4, 0.5) is 0 Å². The molecule has 0 aromatic heterocycles. The van der Waals surface area contributed by atoms with Gasteiger partial charge in [0.05, 0.1) is 18.8 Å². The summed E-state index contributed by atoms with van der Waals surface area (Å²) in [5.41, 5.74) is 2.57. The maximum Gasteiger partial charge on any atom is 0.0797 e. The highest BCUT2D eigenvalue weighted by Gasteiger charge is 2.22. The minimum Gasteiger partial charge on any atom is -0.389 e. The van der Waals surface area contributed by atoms with E-state index >= 15 is 0 Å². The fraction of sp³-hybridized carbons (Fsp3) is 0.600. The van der Waals surface area contributed by atoms with E-state index in [1.54, 1.807) is 0 Å². The number of aliphatic hydroxyl groups is 1. The molecule has 2 nitrogen and oxygen atoms in total. The van der Waals surface area contributed by atoms with Crippen LogP contribution in [0.5, 0.6) is 0 Å². The second-order valence-electron chi connectivity index (χ2n) is 3.42. The van der Waals surface area contributed by atoms with Gasteiger partial charge in [-0.2, -0.15) is 0 Å². The zero-order valence-electron chi connectivity index (χ0n) is 7.29. The van der Waals surface area contributed by atoms with Gasteiger partial charge in [0.15, 0.2) is 0 Å². The van der Waals surface area contributed by atoms with Crippen LogP contribution in [0.15, 0.2) is 23.3 Å². The number of hydrogen-bond donors (Lipinski definition) is 1. The van der Waals surface area contributed by atoms with Crippen LogP contribution in [0.1, 0.15) is 19.8 Å². The fourth-order valence-corrected chi connectivity index (χ4v) is 1.84. The predicted molar refractivity (Wildman–Crippen MR) is 46.8 cm³/mol. The Morgan fingerprint density at radius 1 is 1.58 bits per heavy atom. The van der Waals surface area contributed by atoms with Gasteiger partial charge in [0.25, 0.3) is 0 Å². The Morgan fingerprint density at radius 3 is 3.25 bits per heavy atom.